The Balaban J connectivity index is 1.73. The number of hydrogen-bond acceptors (Lipinski definition) is 5. The van der Waals surface area contributed by atoms with Crippen LogP contribution in [0.5, 0.6) is 5.75 Å². The smallest absolute Gasteiger partial charge is 0.341 e. The lowest BCUT2D eigenvalue weighted by Gasteiger charge is -2.48. The molecule has 2 atom stereocenters. The fourth-order valence-electron chi connectivity index (χ4n) is 8.14. The molecule has 6 rings (SSSR count). The van der Waals surface area contributed by atoms with E-state index in [0.717, 1.165) is 58.4 Å². The number of carboxylic acid groups (broad SMARTS) is 1. The Bertz CT molecular complexity index is 1960. The highest BCUT2D eigenvalue weighted by Crippen LogP contribution is 2.48. The van der Waals surface area contributed by atoms with Gasteiger partial charge in [0.1, 0.15) is 12.3 Å². The summed E-state index contributed by atoms with van der Waals surface area (Å²) in [6.07, 6.45) is 3.22. The van der Waals surface area contributed by atoms with Gasteiger partial charge in [-0.3, -0.25) is 0 Å². The van der Waals surface area contributed by atoms with Gasteiger partial charge in [-0.25, -0.2) is 9.37 Å². The SMILES string of the molecule is CCN1c2cc3c(cc2C(C)CC1(C)C)C(c1ccc(OCC(=O)O)cc1)=c1cc2c(cc1P3(=O)[O-])=[N+](CC)C(C)(C)C=C2C. The first-order valence-electron chi connectivity index (χ1n) is 15.9. The highest BCUT2D eigenvalue weighted by Gasteiger charge is 2.40. The molecule has 0 saturated heterocycles. The number of likely N-dealkylation sites (N-methyl/N-ethyl adjacent to an activating group) is 1. The van der Waals surface area contributed by atoms with E-state index >= 15 is 0 Å². The van der Waals surface area contributed by atoms with E-state index in [1.54, 1.807) is 12.1 Å². The van der Waals surface area contributed by atoms with E-state index in [1.165, 1.54) is 0 Å². The maximum atomic E-state index is 14.8. The molecule has 3 aromatic carbocycles. The van der Waals surface area contributed by atoms with Gasteiger partial charge in [0.05, 0.1) is 7.37 Å². The van der Waals surface area contributed by atoms with Crippen molar-refractivity contribution in [2.75, 3.05) is 24.6 Å². The summed E-state index contributed by atoms with van der Waals surface area (Å²) >= 11 is 0. The Morgan fingerprint density at radius 1 is 1.07 bits per heavy atom. The zero-order chi connectivity index (χ0) is 32.6. The normalized spacial score (nSPS) is 22.6. The average Bonchev–Trinajstić information content (AvgIpc) is 2.95. The fourth-order valence-corrected chi connectivity index (χ4v) is 9.97. The minimum atomic E-state index is -4.28. The molecule has 0 radical (unpaired) electrons. The molecule has 0 aliphatic carbocycles. The van der Waals surface area contributed by atoms with Gasteiger partial charge in [-0.15, -0.1) is 0 Å². The molecule has 0 bridgehead atoms. The second-order valence-corrected chi connectivity index (χ2v) is 15.9. The van der Waals surface area contributed by atoms with E-state index < -0.39 is 19.9 Å². The summed E-state index contributed by atoms with van der Waals surface area (Å²) in [4.78, 5) is 28.2. The topological polar surface area (TPSA) is 92.9 Å². The van der Waals surface area contributed by atoms with Crippen molar-refractivity contribution in [1.29, 1.82) is 0 Å². The number of rotatable bonds is 6. The zero-order valence-corrected chi connectivity index (χ0v) is 28.4. The number of carboxylic acids is 1. The zero-order valence-electron chi connectivity index (χ0n) is 27.5. The van der Waals surface area contributed by atoms with E-state index in [2.05, 4.69) is 83.1 Å². The lowest BCUT2D eigenvalue weighted by Crippen LogP contribution is -2.53. The van der Waals surface area contributed by atoms with E-state index in [4.69, 9.17) is 9.84 Å². The molecule has 3 heterocycles. The maximum absolute atomic E-state index is 14.8. The number of anilines is 1. The first-order chi connectivity index (χ1) is 21.1. The van der Waals surface area contributed by atoms with Gasteiger partial charge >= 0.3 is 5.97 Å². The van der Waals surface area contributed by atoms with Crippen molar-refractivity contribution in [3.05, 3.63) is 87.4 Å². The number of carbonyl (C=O) groups is 1. The molecule has 236 valence electrons. The van der Waals surface area contributed by atoms with Crippen LogP contribution in [-0.4, -0.2) is 41.9 Å². The highest BCUT2D eigenvalue weighted by atomic mass is 31.2. The summed E-state index contributed by atoms with van der Waals surface area (Å²) in [7, 11) is -4.28. The summed E-state index contributed by atoms with van der Waals surface area (Å²) in [5.41, 5.74) is 6.35. The third-order valence-corrected chi connectivity index (χ3v) is 11.9. The van der Waals surface area contributed by atoms with Gasteiger partial charge < -0.3 is 24.2 Å². The largest absolute Gasteiger partial charge is 0.793 e. The van der Waals surface area contributed by atoms with Crippen molar-refractivity contribution in [3.63, 3.8) is 0 Å². The quantitative estimate of drug-likeness (QED) is 0.327. The van der Waals surface area contributed by atoms with Gasteiger partial charge in [0.2, 0.25) is 5.36 Å². The minimum Gasteiger partial charge on any atom is -0.793 e. The Kier molecular flexibility index (Phi) is 7.45. The molecule has 2 unspecified atom stereocenters. The van der Waals surface area contributed by atoms with Crippen LogP contribution in [-0.2, 0) is 9.36 Å². The van der Waals surface area contributed by atoms with Crippen LogP contribution in [0, 0.1) is 0 Å². The number of nitrogens with zero attached hydrogens (tertiary/aromatic N) is 2. The van der Waals surface area contributed by atoms with Crippen LogP contribution in [0.25, 0.3) is 11.1 Å². The number of hydrogen-bond donors (Lipinski definition) is 1. The second-order valence-electron chi connectivity index (χ2n) is 13.8. The summed E-state index contributed by atoms with van der Waals surface area (Å²) in [5.74, 6) is -0.356. The molecular weight excluding hydrogens is 583 g/mol. The number of allylic oxidation sites excluding steroid dienone is 1. The van der Waals surface area contributed by atoms with Crippen molar-refractivity contribution < 1.29 is 24.1 Å². The Morgan fingerprint density at radius 2 is 1.76 bits per heavy atom. The van der Waals surface area contributed by atoms with Crippen molar-refractivity contribution in [2.24, 2.45) is 0 Å². The summed E-state index contributed by atoms with van der Waals surface area (Å²) in [6, 6.07) is 15.3. The lowest BCUT2D eigenvalue weighted by atomic mass is 9.78. The first kappa shape index (κ1) is 31.3. The van der Waals surface area contributed by atoms with E-state index in [-0.39, 0.29) is 17.0 Å². The van der Waals surface area contributed by atoms with Gasteiger partial charge in [0, 0.05) is 53.9 Å². The third kappa shape index (κ3) is 4.96. The number of fused-ring (bicyclic) bond motifs is 4. The van der Waals surface area contributed by atoms with E-state index in [9.17, 15) is 14.3 Å². The Morgan fingerprint density at radius 3 is 2.38 bits per heavy atom. The maximum Gasteiger partial charge on any atom is 0.341 e. The van der Waals surface area contributed by atoms with Crippen LogP contribution in [0.3, 0.4) is 0 Å². The Labute approximate surface area is 265 Å². The number of benzene rings is 3. The van der Waals surface area contributed by atoms with Gasteiger partial charge in [0.25, 0.3) is 0 Å². The van der Waals surface area contributed by atoms with Gasteiger partial charge in [0.15, 0.2) is 12.1 Å². The molecule has 45 heavy (non-hydrogen) atoms. The summed E-state index contributed by atoms with van der Waals surface area (Å²) in [6.45, 7) is 18.4. The van der Waals surface area contributed by atoms with Crippen LogP contribution in [0.4, 0.5) is 5.69 Å². The summed E-state index contributed by atoms with van der Waals surface area (Å²) < 4.78 is 22.5. The van der Waals surface area contributed by atoms with Gasteiger partial charge in [-0.05, 0) is 116 Å². The number of ether oxygens (including phenoxy) is 1. The molecule has 8 heteroatoms. The minimum absolute atomic E-state index is 0.108. The molecule has 0 spiro atoms. The molecular formula is C37H43N2O5P. The van der Waals surface area contributed by atoms with E-state index in [1.807, 2.05) is 24.3 Å². The lowest BCUT2D eigenvalue weighted by molar-refractivity contribution is -0.167. The van der Waals surface area contributed by atoms with Crippen LogP contribution in [0.2, 0.25) is 0 Å². The highest BCUT2D eigenvalue weighted by molar-refractivity contribution is 7.72. The Hall–Kier alpha value is -3.67. The molecule has 0 fully saturated rings. The molecule has 3 aliphatic rings. The third-order valence-electron chi connectivity index (χ3n) is 9.91. The molecule has 7 nitrogen and oxygen atoms in total. The predicted molar refractivity (Wildman–Crippen MR) is 180 cm³/mol. The second kappa shape index (κ2) is 10.7. The van der Waals surface area contributed by atoms with Crippen molar-refractivity contribution in [2.45, 2.75) is 78.8 Å². The van der Waals surface area contributed by atoms with E-state index in [0.29, 0.717) is 27.1 Å². The van der Waals surface area contributed by atoms with Crippen LogP contribution >= 0.6 is 7.37 Å². The molecule has 3 aliphatic heterocycles. The fraction of sp³-hybridized carbons (Fsp3) is 0.405. The van der Waals surface area contributed by atoms with Crippen LogP contribution < -0.4 is 40.3 Å². The predicted octanol–water partition coefficient (Wildman–Crippen LogP) is 4.12. The molecule has 3 aromatic rings. The number of aliphatic carboxylic acids is 1. The summed E-state index contributed by atoms with van der Waals surface area (Å²) in [5, 5.41) is 11.4. The molecule has 0 amide bonds. The van der Waals surface area contributed by atoms with Crippen molar-refractivity contribution >= 4 is 40.8 Å². The monoisotopic (exact) mass is 626 g/mol. The molecule has 0 saturated carbocycles. The van der Waals surface area contributed by atoms with Crippen molar-refractivity contribution in [3.8, 4) is 5.75 Å². The van der Waals surface area contributed by atoms with Gasteiger partial charge in [-0.2, -0.15) is 0 Å². The molecule has 0 aromatic heterocycles. The van der Waals surface area contributed by atoms with Crippen LogP contribution in [0.15, 0.2) is 54.6 Å². The van der Waals surface area contributed by atoms with Crippen molar-refractivity contribution in [1.82, 2.24) is 4.58 Å². The average molecular weight is 627 g/mol. The standard InChI is InChI=1S/C37H43N2O5P/c1-9-38-30-17-32-28(15-26(30)22(3)19-36(38,5)6)35(24-11-13-25(14-12-24)44-21-34(40)41)29-16-27-23(4)20-37(7,8)39(10-2)31(27)18-33(29)45(32,42)43/h11-19,23H,9-10,20-21H2,1-8H3,(H-,40,41,42,43). The first-order valence-corrected chi connectivity index (χ1v) is 17.5. The molecule has 1 N–H and O–H groups in total. The van der Waals surface area contributed by atoms with Crippen LogP contribution in [0.1, 0.15) is 90.0 Å². The van der Waals surface area contributed by atoms with Gasteiger partial charge in [-0.1, -0.05) is 19.1 Å².